The number of benzene rings is 1. The maximum absolute atomic E-state index is 12.5. The van der Waals surface area contributed by atoms with E-state index in [1.165, 1.54) is 5.39 Å². The molecule has 2 aromatic rings. The Morgan fingerprint density at radius 1 is 1.38 bits per heavy atom. The van der Waals surface area contributed by atoms with Gasteiger partial charge in [0.2, 0.25) is 5.91 Å². The van der Waals surface area contributed by atoms with Crippen LogP contribution < -0.4 is 0 Å². The van der Waals surface area contributed by atoms with E-state index in [9.17, 15) is 4.79 Å². The summed E-state index contributed by atoms with van der Waals surface area (Å²) in [6.07, 6.45) is 1.81. The molecule has 4 heteroatoms. The minimum absolute atomic E-state index is 0.180. The van der Waals surface area contributed by atoms with Gasteiger partial charge in [-0.05, 0) is 43.2 Å². The van der Waals surface area contributed by atoms with Crippen molar-refractivity contribution in [2.75, 3.05) is 19.7 Å². The van der Waals surface area contributed by atoms with Crippen LogP contribution >= 0.6 is 0 Å². The summed E-state index contributed by atoms with van der Waals surface area (Å²) in [5.74, 6) is 0.640. The third-order valence-corrected chi connectivity index (χ3v) is 4.49. The smallest absolute Gasteiger partial charge is 0.242 e. The van der Waals surface area contributed by atoms with Crippen molar-refractivity contribution in [2.24, 2.45) is 5.92 Å². The largest absolute Gasteiger partial charge is 0.396 e. The quantitative estimate of drug-likeness (QED) is 0.936. The molecule has 21 heavy (non-hydrogen) atoms. The van der Waals surface area contributed by atoms with Crippen molar-refractivity contribution in [1.82, 2.24) is 9.47 Å². The Morgan fingerprint density at radius 2 is 2.19 bits per heavy atom. The lowest BCUT2D eigenvalue weighted by Crippen LogP contribution is -2.32. The fourth-order valence-corrected chi connectivity index (χ4v) is 3.27. The van der Waals surface area contributed by atoms with Gasteiger partial charge in [-0.3, -0.25) is 4.79 Å². The number of amides is 1. The fraction of sp³-hybridized carbons (Fsp3) is 0.471. The van der Waals surface area contributed by atoms with E-state index in [2.05, 4.69) is 22.8 Å². The molecule has 0 aliphatic carbocycles. The van der Waals surface area contributed by atoms with Crippen LogP contribution in [0, 0.1) is 12.8 Å². The molecule has 1 saturated heterocycles. The van der Waals surface area contributed by atoms with E-state index in [0.29, 0.717) is 12.5 Å². The van der Waals surface area contributed by atoms with Crippen molar-refractivity contribution in [3.05, 3.63) is 36.0 Å². The first-order valence-electron chi connectivity index (χ1n) is 7.62. The summed E-state index contributed by atoms with van der Waals surface area (Å²) in [6, 6.07) is 10.3. The van der Waals surface area contributed by atoms with Crippen LogP contribution in [-0.4, -0.2) is 40.2 Å². The number of hydrogen-bond acceptors (Lipinski definition) is 2. The molecular weight excluding hydrogens is 264 g/mol. The van der Waals surface area contributed by atoms with Crippen molar-refractivity contribution in [3.63, 3.8) is 0 Å². The summed E-state index contributed by atoms with van der Waals surface area (Å²) in [5, 5.41) is 10.2. The number of aliphatic hydroxyl groups is 1. The first-order chi connectivity index (χ1) is 10.2. The zero-order valence-electron chi connectivity index (χ0n) is 12.5. The molecule has 1 aromatic carbocycles. The second-order valence-electron chi connectivity index (χ2n) is 5.94. The van der Waals surface area contributed by atoms with Crippen molar-refractivity contribution in [3.8, 4) is 0 Å². The topological polar surface area (TPSA) is 45.5 Å². The fourth-order valence-electron chi connectivity index (χ4n) is 3.27. The lowest BCUT2D eigenvalue weighted by atomic mass is 10.1. The van der Waals surface area contributed by atoms with Crippen molar-refractivity contribution in [2.45, 2.75) is 26.3 Å². The molecule has 1 amide bonds. The van der Waals surface area contributed by atoms with E-state index in [0.717, 1.165) is 37.1 Å². The first kappa shape index (κ1) is 14.1. The second-order valence-corrected chi connectivity index (χ2v) is 5.94. The van der Waals surface area contributed by atoms with E-state index in [1.54, 1.807) is 0 Å². The highest BCUT2D eigenvalue weighted by Gasteiger charge is 2.26. The number of nitrogens with zero attached hydrogens (tertiary/aromatic N) is 2. The van der Waals surface area contributed by atoms with Gasteiger partial charge in [-0.2, -0.15) is 0 Å². The highest BCUT2D eigenvalue weighted by molar-refractivity contribution is 5.84. The van der Waals surface area contributed by atoms with Crippen LogP contribution in [0.3, 0.4) is 0 Å². The zero-order valence-corrected chi connectivity index (χ0v) is 12.5. The van der Waals surface area contributed by atoms with Crippen LogP contribution in [0.2, 0.25) is 0 Å². The monoisotopic (exact) mass is 286 g/mol. The van der Waals surface area contributed by atoms with Gasteiger partial charge in [0.15, 0.2) is 0 Å². The summed E-state index contributed by atoms with van der Waals surface area (Å²) in [7, 11) is 0. The second kappa shape index (κ2) is 5.90. The molecule has 1 fully saturated rings. The summed E-state index contributed by atoms with van der Waals surface area (Å²) >= 11 is 0. The first-order valence-corrected chi connectivity index (χ1v) is 7.62. The normalized spacial score (nSPS) is 18.6. The van der Waals surface area contributed by atoms with Gasteiger partial charge in [0.1, 0.15) is 6.54 Å². The lowest BCUT2D eigenvalue weighted by molar-refractivity contribution is -0.130. The van der Waals surface area contributed by atoms with Crippen LogP contribution in [0.1, 0.15) is 18.5 Å². The van der Waals surface area contributed by atoms with Crippen LogP contribution in [0.5, 0.6) is 0 Å². The molecular formula is C17H22N2O2. The number of fused-ring (bicyclic) bond motifs is 1. The number of carbonyl (C=O) groups is 1. The minimum atomic E-state index is 0.180. The average molecular weight is 286 g/mol. The third kappa shape index (κ3) is 2.81. The van der Waals surface area contributed by atoms with Crippen molar-refractivity contribution < 1.29 is 9.90 Å². The molecule has 1 aromatic heterocycles. The number of likely N-dealkylation sites (tertiary alicyclic amines) is 1. The van der Waals surface area contributed by atoms with Crippen LogP contribution in [0.25, 0.3) is 10.9 Å². The van der Waals surface area contributed by atoms with Gasteiger partial charge in [0.25, 0.3) is 0 Å². The Kier molecular flexibility index (Phi) is 3.97. The van der Waals surface area contributed by atoms with E-state index >= 15 is 0 Å². The predicted molar refractivity (Wildman–Crippen MR) is 83.1 cm³/mol. The number of aryl methyl sites for hydroxylation is 1. The standard InChI is InChI=1S/C17H22N2O2/c1-13-10-15-4-2-3-5-16(15)19(13)12-17(21)18-8-6-14(11-18)7-9-20/h2-5,10,14,20H,6-9,11-12H2,1H3. The maximum Gasteiger partial charge on any atom is 0.242 e. The number of aliphatic hydroxyl groups excluding tert-OH is 1. The molecule has 0 bridgehead atoms. The SMILES string of the molecule is Cc1cc2ccccc2n1CC(=O)N1CCC(CCO)C1. The molecule has 4 nitrogen and oxygen atoms in total. The number of carbonyl (C=O) groups excluding carboxylic acids is 1. The lowest BCUT2D eigenvalue weighted by Gasteiger charge is -2.18. The van der Waals surface area contributed by atoms with Gasteiger partial charge < -0.3 is 14.6 Å². The third-order valence-electron chi connectivity index (χ3n) is 4.49. The van der Waals surface area contributed by atoms with Crippen LogP contribution in [0.15, 0.2) is 30.3 Å². The Balaban J connectivity index is 1.74. The molecule has 3 rings (SSSR count). The van der Waals surface area contributed by atoms with Gasteiger partial charge >= 0.3 is 0 Å². The van der Waals surface area contributed by atoms with Gasteiger partial charge in [-0.1, -0.05) is 18.2 Å². The average Bonchev–Trinajstić information content (AvgIpc) is 3.05. The van der Waals surface area contributed by atoms with Gasteiger partial charge in [-0.15, -0.1) is 0 Å². The van der Waals surface area contributed by atoms with E-state index in [4.69, 9.17) is 5.11 Å². The molecule has 0 spiro atoms. The Bertz CT molecular complexity index is 647. The van der Waals surface area contributed by atoms with E-state index < -0.39 is 0 Å². The summed E-state index contributed by atoms with van der Waals surface area (Å²) < 4.78 is 2.09. The Labute approximate surface area is 125 Å². The van der Waals surface area contributed by atoms with Crippen LogP contribution in [0.4, 0.5) is 0 Å². The van der Waals surface area contributed by atoms with Crippen molar-refractivity contribution >= 4 is 16.8 Å². The van der Waals surface area contributed by atoms with Gasteiger partial charge in [0.05, 0.1) is 0 Å². The molecule has 1 atom stereocenters. The van der Waals surface area contributed by atoms with Crippen molar-refractivity contribution in [1.29, 1.82) is 0 Å². The molecule has 1 N–H and O–H groups in total. The Morgan fingerprint density at radius 3 is 3.00 bits per heavy atom. The predicted octanol–water partition coefficient (Wildman–Crippen LogP) is 2.18. The molecule has 1 aliphatic rings. The van der Waals surface area contributed by atoms with E-state index in [1.807, 2.05) is 24.0 Å². The number of para-hydroxylation sites is 1. The molecule has 112 valence electrons. The summed E-state index contributed by atoms with van der Waals surface area (Å²) in [4.78, 5) is 14.4. The zero-order chi connectivity index (χ0) is 14.8. The molecule has 1 aliphatic heterocycles. The van der Waals surface area contributed by atoms with E-state index in [-0.39, 0.29) is 12.5 Å². The molecule has 0 radical (unpaired) electrons. The number of hydrogen-bond donors (Lipinski definition) is 1. The van der Waals surface area contributed by atoms with Crippen LogP contribution in [-0.2, 0) is 11.3 Å². The van der Waals surface area contributed by atoms with Gasteiger partial charge in [-0.25, -0.2) is 0 Å². The maximum atomic E-state index is 12.5. The van der Waals surface area contributed by atoms with Gasteiger partial charge in [0, 0.05) is 30.9 Å². The Hall–Kier alpha value is -1.81. The highest BCUT2D eigenvalue weighted by Crippen LogP contribution is 2.22. The highest BCUT2D eigenvalue weighted by atomic mass is 16.3. The molecule has 2 heterocycles. The summed E-state index contributed by atoms with van der Waals surface area (Å²) in [5.41, 5.74) is 2.24. The molecule has 1 unspecified atom stereocenters. The minimum Gasteiger partial charge on any atom is -0.396 e. The number of aromatic nitrogens is 1. The molecule has 0 saturated carbocycles. The summed E-state index contributed by atoms with van der Waals surface area (Å²) in [6.45, 7) is 4.28. The number of rotatable bonds is 4.